The zero-order chi connectivity index (χ0) is 19.3. The van der Waals surface area contributed by atoms with Crippen molar-refractivity contribution in [1.82, 2.24) is 10.2 Å². The molecule has 1 heterocycles. The Bertz CT molecular complexity index is 705. The second-order valence-corrected chi connectivity index (χ2v) is 6.09. The molecule has 0 spiro atoms. The highest BCUT2D eigenvalue weighted by Crippen LogP contribution is 2.35. The molecule has 0 aliphatic carbocycles. The Morgan fingerprint density at radius 2 is 1.88 bits per heavy atom. The van der Waals surface area contributed by atoms with Crippen LogP contribution in [0.15, 0.2) is 18.2 Å². The molecule has 0 aromatic heterocycles. The van der Waals surface area contributed by atoms with Gasteiger partial charge in [0.25, 0.3) is 5.91 Å². The molecule has 1 saturated heterocycles. The average molecular weight is 364 g/mol. The van der Waals surface area contributed by atoms with E-state index in [2.05, 4.69) is 5.32 Å². The number of hydrogen-bond donors (Lipinski definition) is 1. The van der Waals surface area contributed by atoms with Gasteiger partial charge in [0.2, 0.25) is 0 Å². The summed E-state index contributed by atoms with van der Waals surface area (Å²) >= 11 is 0. The fourth-order valence-electron chi connectivity index (χ4n) is 2.69. The summed E-state index contributed by atoms with van der Waals surface area (Å²) in [5.41, 5.74) is -0.782. The normalized spacial score (nSPS) is 19.3. The molecule has 2 rings (SSSR count). The van der Waals surface area contributed by atoms with E-state index in [0.717, 1.165) is 17.7 Å². The van der Waals surface area contributed by atoms with E-state index in [0.29, 0.717) is 17.1 Å². The van der Waals surface area contributed by atoms with E-state index >= 15 is 0 Å². The van der Waals surface area contributed by atoms with Crippen molar-refractivity contribution >= 4 is 17.9 Å². The standard InChI is InChI=1S/C18H24N2O6/c1-5-6-9-26-15(21)11-20-16(22)18(2,19-17(20)23)12-7-8-13(24-3)14(10-12)25-4/h7-8,10H,5-6,9,11H2,1-4H3,(H,19,23). The van der Waals surface area contributed by atoms with Crippen LogP contribution in [0.3, 0.4) is 0 Å². The van der Waals surface area contributed by atoms with Crippen LogP contribution >= 0.6 is 0 Å². The zero-order valence-electron chi connectivity index (χ0n) is 15.5. The van der Waals surface area contributed by atoms with E-state index in [1.54, 1.807) is 25.1 Å². The van der Waals surface area contributed by atoms with Crippen molar-refractivity contribution in [3.05, 3.63) is 23.8 Å². The van der Waals surface area contributed by atoms with Gasteiger partial charge in [-0.05, 0) is 31.0 Å². The molecule has 142 valence electrons. The van der Waals surface area contributed by atoms with Crippen LogP contribution in [0.1, 0.15) is 32.3 Å². The van der Waals surface area contributed by atoms with Crippen molar-refractivity contribution in [1.29, 1.82) is 0 Å². The number of imide groups is 1. The molecule has 1 aliphatic rings. The fraction of sp³-hybridized carbons (Fsp3) is 0.500. The second kappa shape index (κ2) is 8.07. The molecular formula is C18H24N2O6. The second-order valence-electron chi connectivity index (χ2n) is 6.09. The average Bonchev–Trinajstić information content (AvgIpc) is 2.85. The van der Waals surface area contributed by atoms with E-state index in [1.807, 2.05) is 6.92 Å². The van der Waals surface area contributed by atoms with Crippen LogP contribution in [0, 0.1) is 0 Å². The maximum absolute atomic E-state index is 12.8. The van der Waals surface area contributed by atoms with Gasteiger partial charge in [0.1, 0.15) is 12.1 Å². The summed E-state index contributed by atoms with van der Waals surface area (Å²) in [4.78, 5) is 37.8. The molecule has 1 aromatic carbocycles. The number of unbranched alkanes of at least 4 members (excludes halogenated alkanes) is 1. The first kappa shape index (κ1) is 19.6. The van der Waals surface area contributed by atoms with Crippen LogP contribution in [0.5, 0.6) is 11.5 Å². The van der Waals surface area contributed by atoms with Gasteiger partial charge in [-0.1, -0.05) is 19.4 Å². The maximum Gasteiger partial charge on any atom is 0.326 e. The van der Waals surface area contributed by atoms with Gasteiger partial charge in [-0.25, -0.2) is 4.79 Å². The van der Waals surface area contributed by atoms with Crippen molar-refractivity contribution in [3.8, 4) is 11.5 Å². The zero-order valence-corrected chi connectivity index (χ0v) is 15.5. The Hall–Kier alpha value is -2.77. The van der Waals surface area contributed by atoms with E-state index in [4.69, 9.17) is 14.2 Å². The fourth-order valence-corrected chi connectivity index (χ4v) is 2.69. The molecule has 1 unspecified atom stereocenters. The minimum absolute atomic E-state index is 0.270. The molecule has 1 atom stereocenters. The van der Waals surface area contributed by atoms with Gasteiger partial charge in [0, 0.05) is 0 Å². The Kier molecular flexibility index (Phi) is 6.07. The van der Waals surface area contributed by atoms with Gasteiger partial charge in [0.05, 0.1) is 20.8 Å². The van der Waals surface area contributed by atoms with Gasteiger partial charge in [-0.15, -0.1) is 0 Å². The predicted molar refractivity (Wildman–Crippen MR) is 93.0 cm³/mol. The molecule has 1 fully saturated rings. The van der Waals surface area contributed by atoms with Crippen LogP contribution in [-0.4, -0.2) is 50.2 Å². The lowest BCUT2D eigenvalue weighted by molar-refractivity contribution is -0.147. The topological polar surface area (TPSA) is 94.2 Å². The molecule has 1 aromatic rings. The van der Waals surface area contributed by atoms with Gasteiger partial charge in [0.15, 0.2) is 11.5 Å². The summed E-state index contributed by atoms with van der Waals surface area (Å²) in [7, 11) is 2.99. The highest BCUT2D eigenvalue weighted by atomic mass is 16.5. The highest BCUT2D eigenvalue weighted by molar-refractivity contribution is 6.08. The van der Waals surface area contributed by atoms with Crippen LogP contribution < -0.4 is 14.8 Å². The minimum Gasteiger partial charge on any atom is -0.493 e. The highest BCUT2D eigenvalue weighted by Gasteiger charge is 2.49. The van der Waals surface area contributed by atoms with Crippen molar-refractivity contribution in [2.75, 3.05) is 27.4 Å². The van der Waals surface area contributed by atoms with Gasteiger partial charge >= 0.3 is 12.0 Å². The lowest BCUT2D eigenvalue weighted by Crippen LogP contribution is -2.41. The summed E-state index contributed by atoms with van der Waals surface area (Å²) in [6.07, 6.45) is 1.61. The van der Waals surface area contributed by atoms with E-state index in [9.17, 15) is 14.4 Å². The molecule has 1 aliphatic heterocycles. The summed E-state index contributed by atoms with van der Waals surface area (Å²) in [6, 6.07) is 4.31. The number of carbonyl (C=O) groups excluding carboxylic acids is 3. The van der Waals surface area contributed by atoms with Crippen molar-refractivity contribution in [2.45, 2.75) is 32.2 Å². The largest absolute Gasteiger partial charge is 0.493 e. The van der Waals surface area contributed by atoms with Crippen LogP contribution in [-0.2, 0) is 19.9 Å². The number of nitrogens with one attached hydrogen (secondary N) is 1. The third-order valence-corrected chi connectivity index (χ3v) is 4.28. The molecule has 1 N–H and O–H groups in total. The Labute approximate surface area is 152 Å². The summed E-state index contributed by atoms with van der Waals surface area (Å²) in [6.45, 7) is 3.40. The van der Waals surface area contributed by atoms with Crippen molar-refractivity contribution in [2.24, 2.45) is 0 Å². The van der Waals surface area contributed by atoms with E-state index in [1.165, 1.54) is 14.2 Å². The van der Waals surface area contributed by atoms with Crippen LogP contribution in [0.2, 0.25) is 0 Å². The summed E-state index contributed by atoms with van der Waals surface area (Å²) in [5.74, 6) is -0.195. The number of nitrogens with zero attached hydrogens (tertiary/aromatic N) is 1. The number of amides is 3. The number of esters is 1. The lowest BCUT2D eigenvalue weighted by Gasteiger charge is -2.23. The van der Waals surface area contributed by atoms with Crippen molar-refractivity contribution < 1.29 is 28.6 Å². The number of hydrogen-bond acceptors (Lipinski definition) is 6. The third kappa shape index (κ3) is 3.74. The Morgan fingerprint density at radius 3 is 2.50 bits per heavy atom. The van der Waals surface area contributed by atoms with Crippen LogP contribution in [0.4, 0.5) is 4.79 Å². The Morgan fingerprint density at radius 1 is 1.19 bits per heavy atom. The molecule has 0 saturated carbocycles. The number of urea groups is 1. The monoisotopic (exact) mass is 364 g/mol. The van der Waals surface area contributed by atoms with E-state index < -0.39 is 30.0 Å². The summed E-state index contributed by atoms with van der Waals surface area (Å²) < 4.78 is 15.5. The SMILES string of the molecule is CCCCOC(=O)CN1C(=O)NC(C)(c2ccc(OC)c(OC)c2)C1=O. The van der Waals surface area contributed by atoms with Gasteiger partial charge in [-0.3, -0.25) is 14.5 Å². The number of carbonyl (C=O) groups is 3. The molecule has 8 nitrogen and oxygen atoms in total. The Balaban J connectivity index is 2.19. The first-order valence-corrected chi connectivity index (χ1v) is 8.39. The first-order chi connectivity index (χ1) is 12.4. The van der Waals surface area contributed by atoms with Gasteiger partial charge in [-0.2, -0.15) is 0 Å². The third-order valence-electron chi connectivity index (χ3n) is 4.28. The lowest BCUT2D eigenvalue weighted by atomic mass is 9.91. The predicted octanol–water partition coefficient (Wildman–Crippen LogP) is 1.81. The maximum atomic E-state index is 12.8. The number of methoxy groups -OCH3 is 2. The quantitative estimate of drug-likeness (QED) is 0.430. The molecule has 0 bridgehead atoms. The smallest absolute Gasteiger partial charge is 0.326 e. The number of benzene rings is 1. The van der Waals surface area contributed by atoms with E-state index in [-0.39, 0.29) is 6.61 Å². The van der Waals surface area contributed by atoms with Crippen molar-refractivity contribution in [3.63, 3.8) is 0 Å². The minimum atomic E-state index is -1.31. The first-order valence-electron chi connectivity index (χ1n) is 8.39. The number of ether oxygens (including phenoxy) is 3. The van der Waals surface area contributed by atoms with Gasteiger partial charge < -0.3 is 19.5 Å². The summed E-state index contributed by atoms with van der Waals surface area (Å²) in [5, 5.41) is 2.64. The van der Waals surface area contributed by atoms with Crippen LogP contribution in [0.25, 0.3) is 0 Å². The molecule has 26 heavy (non-hydrogen) atoms. The molecule has 0 radical (unpaired) electrons. The molecule has 3 amide bonds. The number of rotatable bonds is 8. The molecule has 8 heteroatoms. The molecular weight excluding hydrogens is 340 g/mol.